The molecule has 3 heteroatoms. The van der Waals surface area contributed by atoms with Crippen molar-refractivity contribution in [1.29, 1.82) is 0 Å². The van der Waals surface area contributed by atoms with E-state index < -0.39 is 0 Å². The third kappa shape index (κ3) is 4.61. The Morgan fingerprint density at radius 2 is 2.06 bits per heavy atom. The van der Waals surface area contributed by atoms with E-state index in [1.807, 2.05) is 49.4 Å². The van der Waals surface area contributed by atoms with Crippen LogP contribution in [-0.4, -0.2) is 18.3 Å². The summed E-state index contributed by atoms with van der Waals surface area (Å²) in [5, 5.41) is 2.88. The van der Waals surface area contributed by atoms with E-state index in [2.05, 4.69) is 5.32 Å². The van der Waals surface area contributed by atoms with E-state index in [0.717, 1.165) is 12.0 Å². The van der Waals surface area contributed by atoms with Crippen LogP contribution in [0.25, 0.3) is 0 Å². The number of benzene rings is 1. The molecule has 0 saturated carbocycles. The predicted molar refractivity (Wildman–Crippen MR) is 72.3 cm³/mol. The van der Waals surface area contributed by atoms with Crippen molar-refractivity contribution in [3.8, 4) is 0 Å². The summed E-state index contributed by atoms with van der Waals surface area (Å²) in [6.45, 7) is 2.56. The Kier molecular flexibility index (Phi) is 6.41. The van der Waals surface area contributed by atoms with Crippen LogP contribution in [-0.2, 0) is 4.79 Å². The highest BCUT2D eigenvalue weighted by Gasteiger charge is 2.17. The molecule has 0 heterocycles. The highest BCUT2D eigenvalue weighted by Crippen LogP contribution is 2.18. The Morgan fingerprint density at radius 1 is 1.35 bits per heavy atom. The predicted octanol–water partition coefficient (Wildman–Crippen LogP) is 3.09. The number of rotatable bonds is 6. The van der Waals surface area contributed by atoms with Crippen molar-refractivity contribution in [3.63, 3.8) is 0 Å². The SMILES string of the molecule is CCC(C(=O)NC/C=C/CCl)c1ccccc1. The first-order valence-corrected chi connectivity index (χ1v) is 6.36. The molecule has 0 radical (unpaired) electrons. The molecule has 92 valence electrons. The number of nitrogens with one attached hydrogen (secondary N) is 1. The molecule has 0 fully saturated rings. The fourth-order valence-corrected chi connectivity index (χ4v) is 1.81. The summed E-state index contributed by atoms with van der Waals surface area (Å²) in [5.41, 5.74) is 1.06. The van der Waals surface area contributed by atoms with Gasteiger partial charge < -0.3 is 5.32 Å². The third-order valence-corrected chi connectivity index (χ3v) is 2.75. The first-order chi connectivity index (χ1) is 8.29. The number of halogens is 1. The van der Waals surface area contributed by atoms with Crippen LogP contribution in [0.4, 0.5) is 0 Å². The van der Waals surface area contributed by atoms with Gasteiger partial charge >= 0.3 is 0 Å². The maximum absolute atomic E-state index is 12.0. The van der Waals surface area contributed by atoms with Crippen LogP contribution in [0.1, 0.15) is 24.8 Å². The Morgan fingerprint density at radius 3 is 2.65 bits per heavy atom. The summed E-state index contributed by atoms with van der Waals surface area (Å²) in [5.74, 6) is 0.477. The van der Waals surface area contributed by atoms with Crippen molar-refractivity contribution >= 4 is 17.5 Å². The molecule has 0 aromatic heterocycles. The van der Waals surface area contributed by atoms with Crippen molar-refractivity contribution < 1.29 is 4.79 Å². The smallest absolute Gasteiger partial charge is 0.227 e. The van der Waals surface area contributed by atoms with Crippen LogP contribution in [0.5, 0.6) is 0 Å². The topological polar surface area (TPSA) is 29.1 Å². The monoisotopic (exact) mass is 251 g/mol. The maximum Gasteiger partial charge on any atom is 0.227 e. The Hall–Kier alpha value is -1.28. The van der Waals surface area contributed by atoms with Gasteiger partial charge in [0.15, 0.2) is 0 Å². The number of hydrogen-bond donors (Lipinski definition) is 1. The van der Waals surface area contributed by atoms with E-state index in [9.17, 15) is 4.79 Å². The zero-order chi connectivity index (χ0) is 12.5. The fraction of sp³-hybridized carbons (Fsp3) is 0.357. The molecule has 1 aromatic carbocycles. The zero-order valence-electron chi connectivity index (χ0n) is 10.0. The largest absolute Gasteiger partial charge is 0.352 e. The molecule has 1 rings (SSSR count). The van der Waals surface area contributed by atoms with Crippen LogP contribution in [0, 0.1) is 0 Å². The highest BCUT2D eigenvalue weighted by atomic mass is 35.5. The Balaban J connectivity index is 2.56. The number of carbonyl (C=O) groups is 1. The molecule has 1 atom stereocenters. The molecule has 0 aliphatic heterocycles. The molecule has 1 N–H and O–H groups in total. The summed E-state index contributed by atoms with van der Waals surface area (Å²) >= 11 is 5.50. The van der Waals surface area contributed by atoms with E-state index in [4.69, 9.17) is 11.6 Å². The average Bonchev–Trinajstić information content (AvgIpc) is 2.37. The van der Waals surface area contributed by atoms with Crippen molar-refractivity contribution in [2.75, 3.05) is 12.4 Å². The fourth-order valence-electron chi connectivity index (χ4n) is 1.69. The number of amides is 1. The van der Waals surface area contributed by atoms with Gasteiger partial charge in [0.2, 0.25) is 5.91 Å². The zero-order valence-corrected chi connectivity index (χ0v) is 10.8. The van der Waals surface area contributed by atoms with Crippen LogP contribution >= 0.6 is 11.6 Å². The van der Waals surface area contributed by atoms with Gasteiger partial charge in [-0.15, -0.1) is 11.6 Å². The number of hydrogen-bond acceptors (Lipinski definition) is 1. The van der Waals surface area contributed by atoms with Gasteiger partial charge in [-0.3, -0.25) is 4.79 Å². The van der Waals surface area contributed by atoms with Gasteiger partial charge in [0.05, 0.1) is 5.92 Å². The summed E-state index contributed by atoms with van der Waals surface area (Å²) in [7, 11) is 0. The second kappa shape index (κ2) is 7.91. The van der Waals surface area contributed by atoms with Crippen LogP contribution < -0.4 is 5.32 Å². The average molecular weight is 252 g/mol. The second-order valence-corrected chi connectivity index (χ2v) is 4.05. The van der Waals surface area contributed by atoms with Gasteiger partial charge in [0.1, 0.15) is 0 Å². The summed E-state index contributed by atoms with van der Waals surface area (Å²) in [4.78, 5) is 12.0. The van der Waals surface area contributed by atoms with Crippen molar-refractivity contribution in [1.82, 2.24) is 5.32 Å². The lowest BCUT2D eigenvalue weighted by atomic mass is 9.96. The third-order valence-electron chi connectivity index (χ3n) is 2.58. The molecule has 1 unspecified atom stereocenters. The molecule has 0 saturated heterocycles. The van der Waals surface area contributed by atoms with Crippen molar-refractivity contribution in [3.05, 3.63) is 48.0 Å². The number of carbonyl (C=O) groups excluding carboxylic acids is 1. The molecular formula is C14H18ClNO. The lowest BCUT2D eigenvalue weighted by Gasteiger charge is -2.14. The molecule has 2 nitrogen and oxygen atoms in total. The molecule has 1 aromatic rings. The van der Waals surface area contributed by atoms with Gasteiger partial charge in [-0.05, 0) is 12.0 Å². The van der Waals surface area contributed by atoms with Gasteiger partial charge in [-0.1, -0.05) is 49.4 Å². The first-order valence-electron chi connectivity index (χ1n) is 5.83. The standard InChI is InChI=1S/C14H18ClNO/c1-2-13(12-8-4-3-5-9-12)14(17)16-11-7-6-10-15/h3-9,13H,2,10-11H2,1H3,(H,16,17)/b7-6+. The minimum absolute atomic E-state index is 0.0675. The van der Waals surface area contributed by atoms with Crippen molar-refractivity contribution in [2.45, 2.75) is 19.3 Å². The summed E-state index contributed by atoms with van der Waals surface area (Å²) in [6, 6.07) is 9.85. The van der Waals surface area contributed by atoms with Gasteiger partial charge in [0.25, 0.3) is 0 Å². The molecule has 0 aliphatic rings. The molecule has 0 aliphatic carbocycles. The summed E-state index contributed by atoms with van der Waals surface area (Å²) < 4.78 is 0. The van der Waals surface area contributed by atoms with E-state index in [0.29, 0.717) is 12.4 Å². The minimum Gasteiger partial charge on any atom is -0.352 e. The van der Waals surface area contributed by atoms with E-state index in [-0.39, 0.29) is 11.8 Å². The first kappa shape index (κ1) is 13.8. The second-order valence-electron chi connectivity index (χ2n) is 3.74. The van der Waals surface area contributed by atoms with E-state index >= 15 is 0 Å². The molecule has 1 amide bonds. The number of alkyl halides is 1. The Labute approximate surface area is 108 Å². The minimum atomic E-state index is -0.0689. The molecule has 17 heavy (non-hydrogen) atoms. The normalized spacial score (nSPS) is 12.6. The van der Waals surface area contributed by atoms with Crippen molar-refractivity contribution in [2.24, 2.45) is 0 Å². The van der Waals surface area contributed by atoms with Gasteiger partial charge in [-0.25, -0.2) is 0 Å². The van der Waals surface area contributed by atoms with Crippen LogP contribution in [0.3, 0.4) is 0 Å². The molecule has 0 bridgehead atoms. The van der Waals surface area contributed by atoms with E-state index in [1.54, 1.807) is 0 Å². The lowest BCUT2D eigenvalue weighted by Crippen LogP contribution is -2.29. The maximum atomic E-state index is 12.0. The quantitative estimate of drug-likeness (QED) is 0.611. The van der Waals surface area contributed by atoms with Gasteiger partial charge in [-0.2, -0.15) is 0 Å². The van der Waals surface area contributed by atoms with Crippen LogP contribution in [0.15, 0.2) is 42.5 Å². The molecule has 0 spiro atoms. The molecular weight excluding hydrogens is 234 g/mol. The lowest BCUT2D eigenvalue weighted by molar-refractivity contribution is -0.122. The highest BCUT2D eigenvalue weighted by molar-refractivity contribution is 6.18. The Bertz CT molecular complexity index is 362. The van der Waals surface area contributed by atoms with E-state index in [1.165, 1.54) is 0 Å². The summed E-state index contributed by atoms with van der Waals surface area (Å²) in [6.07, 6.45) is 4.49. The van der Waals surface area contributed by atoms with Crippen LogP contribution in [0.2, 0.25) is 0 Å². The van der Waals surface area contributed by atoms with Gasteiger partial charge in [0, 0.05) is 12.4 Å². The number of allylic oxidation sites excluding steroid dienone is 1.